The number of nitrogens with one attached hydrogen (secondary N) is 1. The molecule has 0 aliphatic carbocycles. The summed E-state index contributed by atoms with van der Waals surface area (Å²) in [5, 5.41) is 0. The molecule has 2 aromatic rings. The summed E-state index contributed by atoms with van der Waals surface area (Å²) in [6, 6.07) is 6.60. The average molecular weight is 367 g/mol. The summed E-state index contributed by atoms with van der Waals surface area (Å²) in [5.74, 6) is -2.95. The zero-order valence-electron chi connectivity index (χ0n) is 11.8. The van der Waals surface area contributed by atoms with E-state index in [0.717, 1.165) is 18.2 Å². The van der Waals surface area contributed by atoms with Gasteiger partial charge >= 0.3 is 6.36 Å². The van der Waals surface area contributed by atoms with Gasteiger partial charge in [-0.1, -0.05) is 12.1 Å². The third-order valence-corrected chi connectivity index (χ3v) is 4.22. The maximum atomic E-state index is 13.1. The summed E-state index contributed by atoms with van der Waals surface area (Å²) in [5.41, 5.74) is 0.343. The topological polar surface area (TPSA) is 55.4 Å². The van der Waals surface area contributed by atoms with Gasteiger partial charge < -0.3 is 4.74 Å². The van der Waals surface area contributed by atoms with E-state index >= 15 is 0 Å². The first-order valence-electron chi connectivity index (χ1n) is 6.36. The quantitative estimate of drug-likeness (QED) is 0.825. The van der Waals surface area contributed by atoms with Crippen LogP contribution >= 0.6 is 0 Å². The highest BCUT2D eigenvalue weighted by molar-refractivity contribution is 7.89. The Bertz CT molecular complexity index is 819. The molecule has 0 amide bonds. The molecule has 10 heteroatoms. The zero-order valence-corrected chi connectivity index (χ0v) is 12.6. The molecule has 1 N–H and O–H groups in total. The molecule has 0 saturated heterocycles. The van der Waals surface area contributed by atoms with Gasteiger partial charge in [0, 0.05) is 6.54 Å². The van der Waals surface area contributed by atoms with Gasteiger partial charge in [-0.25, -0.2) is 21.9 Å². The van der Waals surface area contributed by atoms with Crippen LogP contribution in [0.25, 0.3) is 0 Å². The lowest BCUT2D eigenvalue weighted by atomic mass is 10.2. The Morgan fingerprint density at radius 1 is 0.958 bits per heavy atom. The van der Waals surface area contributed by atoms with Crippen molar-refractivity contribution in [1.82, 2.24) is 4.72 Å². The van der Waals surface area contributed by atoms with Gasteiger partial charge in [0.1, 0.15) is 5.75 Å². The Kier molecular flexibility index (Phi) is 5.09. The lowest BCUT2D eigenvalue weighted by Gasteiger charge is -2.10. The van der Waals surface area contributed by atoms with Gasteiger partial charge in [-0.2, -0.15) is 0 Å². The van der Waals surface area contributed by atoms with Crippen molar-refractivity contribution in [3.63, 3.8) is 0 Å². The van der Waals surface area contributed by atoms with E-state index in [-0.39, 0.29) is 6.54 Å². The molecule has 0 aromatic heterocycles. The number of hydrogen-bond donors (Lipinski definition) is 1. The molecule has 0 spiro atoms. The minimum Gasteiger partial charge on any atom is -0.406 e. The Labute approximate surface area is 133 Å². The second-order valence-electron chi connectivity index (χ2n) is 4.59. The van der Waals surface area contributed by atoms with Crippen LogP contribution in [-0.2, 0) is 16.6 Å². The second kappa shape index (κ2) is 6.73. The van der Waals surface area contributed by atoms with E-state index in [2.05, 4.69) is 9.46 Å². The van der Waals surface area contributed by atoms with Crippen LogP contribution in [0.2, 0.25) is 0 Å². The molecule has 0 bridgehead atoms. The van der Waals surface area contributed by atoms with E-state index in [4.69, 9.17) is 0 Å². The van der Waals surface area contributed by atoms with Gasteiger partial charge in [-0.05, 0) is 35.9 Å². The minimum absolute atomic E-state index is 0.256. The molecule has 0 heterocycles. The van der Waals surface area contributed by atoms with Gasteiger partial charge in [0.25, 0.3) is 0 Å². The Morgan fingerprint density at radius 3 is 2.12 bits per heavy atom. The van der Waals surface area contributed by atoms with Crippen LogP contribution in [0.3, 0.4) is 0 Å². The molecule has 0 radical (unpaired) electrons. The number of ether oxygens (including phenoxy) is 1. The van der Waals surface area contributed by atoms with Crippen molar-refractivity contribution in [2.45, 2.75) is 17.8 Å². The van der Waals surface area contributed by atoms with Gasteiger partial charge in [0.05, 0.1) is 4.90 Å². The lowest BCUT2D eigenvalue weighted by Crippen LogP contribution is -2.23. The van der Waals surface area contributed by atoms with Gasteiger partial charge in [-0.3, -0.25) is 0 Å². The van der Waals surface area contributed by atoms with Crippen molar-refractivity contribution >= 4 is 10.0 Å². The van der Waals surface area contributed by atoms with Crippen molar-refractivity contribution in [3.05, 3.63) is 59.7 Å². The van der Waals surface area contributed by atoms with Crippen LogP contribution in [0.15, 0.2) is 47.4 Å². The molecule has 0 unspecified atom stereocenters. The third-order valence-electron chi connectivity index (χ3n) is 2.82. The van der Waals surface area contributed by atoms with E-state index in [0.29, 0.717) is 17.7 Å². The lowest BCUT2D eigenvalue weighted by molar-refractivity contribution is -0.274. The predicted molar refractivity (Wildman–Crippen MR) is 73.5 cm³/mol. The standard InChI is InChI=1S/C14H10F5NO3S/c15-12-6-5-11(7-13(12)16)24(21,22)20-8-9-1-3-10(4-2-9)23-14(17,18)19/h1-7,20H,8H2. The third kappa shape index (κ3) is 4.90. The van der Waals surface area contributed by atoms with Crippen LogP contribution in [0.5, 0.6) is 5.75 Å². The first-order valence-corrected chi connectivity index (χ1v) is 7.84. The molecule has 0 atom stereocenters. The highest BCUT2D eigenvalue weighted by Gasteiger charge is 2.30. The minimum atomic E-state index is -4.82. The monoisotopic (exact) mass is 367 g/mol. The molecule has 0 fully saturated rings. The first-order chi connectivity index (χ1) is 11.1. The van der Waals surface area contributed by atoms with Crippen molar-refractivity contribution in [1.29, 1.82) is 0 Å². The van der Waals surface area contributed by atoms with Crippen LogP contribution in [0.1, 0.15) is 5.56 Å². The number of halogens is 5. The Balaban J connectivity index is 2.05. The Morgan fingerprint density at radius 2 is 1.58 bits per heavy atom. The zero-order chi connectivity index (χ0) is 18.0. The summed E-state index contributed by atoms with van der Waals surface area (Å²) in [7, 11) is -4.10. The largest absolute Gasteiger partial charge is 0.573 e. The fraction of sp³-hybridized carbons (Fsp3) is 0.143. The molecule has 24 heavy (non-hydrogen) atoms. The first kappa shape index (κ1) is 18.1. The van der Waals surface area contributed by atoms with Crippen LogP contribution < -0.4 is 9.46 Å². The molecule has 2 rings (SSSR count). The molecular weight excluding hydrogens is 357 g/mol. The average Bonchev–Trinajstić information content (AvgIpc) is 2.48. The number of rotatable bonds is 5. The maximum absolute atomic E-state index is 13.1. The van der Waals surface area contributed by atoms with Gasteiger partial charge in [-0.15, -0.1) is 13.2 Å². The van der Waals surface area contributed by atoms with Crippen molar-refractivity contribution < 1.29 is 35.1 Å². The highest BCUT2D eigenvalue weighted by Crippen LogP contribution is 2.23. The van der Waals surface area contributed by atoms with E-state index < -0.39 is 38.7 Å². The van der Waals surface area contributed by atoms with E-state index in [1.165, 1.54) is 12.1 Å². The van der Waals surface area contributed by atoms with Gasteiger partial charge in [0.15, 0.2) is 11.6 Å². The molecule has 2 aromatic carbocycles. The summed E-state index contributed by atoms with van der Waals surface area (Å²) in [6.45, 7) is -0.256. The summed E-state index contributed by atoms with van der Waals surface area (Å²) < 4.78 is 91.7. The smallest absolute Gasteiger partial charge is 0.406 e. The second-order valence-corrected chi connectivity index (χ2v) is 6.36. The fourth-order valence-corrected chi connectivity index (χ4v) is 2.74. The maximum Gasteiger partial charge on any atom is 0.573 e. The molecule has 130 valence electrons. The number of hydrogen-bond acceptors (Lipinski definition) is 3. The molecular formula is C14H10F5NO3S. The van der Waals surface area contributed by atoms with Crippen LogP contribution in [0.4, 0.5) is 22.0 Å². The van der Waals surface area contributed by atoms with Crippen molar-refractivity contribution in [2.24, 2.45) is 0 Å². The number of benzene rings is 2. The van der Waals surface area contributed by atoms with Gasteiger partial charge in [0.2, 0.25) is 10.0 Å². The normalized spacial score (nSPS) is 12.2. The molecule has 0 aliphatic rings. The number of alkyl halides is 3. The summed E-state index contributed by atoms with van der Waals surface area (Å²) in [4.78, 5) is -0.474. The number of sulfonamides is 1. The molecule has 0 aliphatic heterocycles. The van der Waals surface area contributed by atoms with E-state index in [9.17, 15) is 30.4 Å². The summed E-state index contributed by atoms with van der Waals surface area (Å²) >= 11 is 0. The SMILES string of the molecule is O=S(=O)(NCc1ccc(OC(F)(F)F)cc1)c1ccc(F)c(F)c1. The summed E-state index contributed by atoms with van der Waals surface area (Å²) in [6.07, 6.45) is -4.82. The fourth-order valence-electron chi connectivity index (χ4n) is 1.71. The molecule has 0 saturated carbocycles. The highest BCUT2D eigenvalue weighted by atomic mass is 32.2. The Hall–Kier alpha value is -2.20. The van der Waals surface area contributed by atoms with Crippen molar-refractivity contribution in [3.8, 4) is 5.75 Å². The van der Waals surface area contributed by atoms with Crippen molar-refractivity contribution in [2.75, 3.05) is 0 Å². The van der Waals surface area contributed by atoms with E-state index in [1.807, 2.05) is 0 Å². The van der Waals surface area contributed by atoms with Crippen LogP contribution in [-0.4, -0.2) is 14.8 Å². The van der Waals surface area contributed by atoms with Crippen LogP contribution in [0, 0.1) is 11.6 Å². The molecule has 4 nitrogen and oxygen atoms in total. The predicted octanol–water partition coefficient (Wildman–Crippen LogP) is 3.34. The van der Waals surface area contributed by atoms with E-state index in [1.54, 1.807) is 0 Å².